The van der Waals surface area contributed by atoms with Gasteiger partial charge in [0, 0.05) is 11.8 Å². The number of allylic oxidation sites excluding steroid dienone is 2. The van der Waals surface area contributed by atoms with Gasteiger partial charge in [-0.2, -0.15) is 5.10 Å². The van der Waals surface area contributed by atoms with Crippen LogP contribution in [-0.2, 0) is 4.79 Å². The van der Waals surface area contributed by atoms with Crippen LogP contribution in [0, 0.1) is 0 Å². The van der Waals surface area contributed by atoms with Gasteiger partial charge in [0.1, 0.15) is 22.8 Å². The summed E-state index contributed by atoms with van der Waals surface area (Å²) < 4.78 is 6.75. The van der Waals surface area contributed by atoms with Crippen LogP contribution in [0.1, 0.15) is 22.0 Å². The summed E-state index contributed by atoms with van der Waals surface area (Å²) in [6.07, 6.45) is 6.68. The second-order valence-electron chi connectivity index (χ2n) is 6.81. The number of carboxylic acid groups (broad SMARTS) is 1. The standard InChI is InChI=1S/C23H20N4O4/c1-31-18-9-5-8-16(12-18)25-22(28)19-14-24-27-17(11-10-15-6-3-2-4-7-15)13-20(23(29)30)26-21(19)27/h2-14,17,26H,1H3,(H,25,28)(H,29,30)/b11-10+. The van der Waals surface area contributed by atoms with E-state index in [1.165, 1.54) is 6.20 Å². The minimum atomic E-state index is -1.12. The number of anilines is 2. The first-order valence-electron chi connectivity index (χ1n) is 9.53. The molecule has 31 heavy (non-hydrogen) atoms. The van der Waals surface area contributed by atoms with Crippen molar-refractivity contribution in [2.45, 2.75) is 6.04 Å². The molecule has 0 aliphatic carbocycles. The highest BCUT2D eigenvalue weighted by atomic mass is 16.5. The number of benzene rings is 2. The lowest BCUT2D eigenvalue weighted by molar-refractivity contribution is -0.132. The van der Waals surface area contributed by atoms with Crippen LogP contribution < -0.4 is 15.4 Å². The van der Waals surface area contributed by atoms with Crippen LogP contribution in [-0.4, -0.2) is 33.9 Å². The fourth-order valence-corrected chi connectivity index (χ4v) is 3.22. The van der Waals surface area contributed by atoms with Gasteiger partial charge in [-0.1, -0.05) is 48.6 Å². The molecular formula is C23H20N4O4. The number of nitrogens with zero attached hydrogens (tertiary/aromatic N) is 2. The summed E-state index contributed by atoms with van der Waals surface area (Å²) in [7, 11) is 1.54. The van der Waals surface area contributed by atoms with E-state index in [0.717, 1.165) is 5.56 Å². The smallest absolute Gasteiger partial charge is 0.352 e. The second kappa shape index (κ2) is 8.58. The molecule has 1 aliphatic heterocycles. The minimum absolute atomic E-state index is 0.0221. The summed E-state index contributed by atoms with van der Waals surface area (Å²) in [5, 5.41) is 19.4. The number of carbonyl (C=O) groups excluding carboxylic acids is 1. The summed E-state index contributed by atoms with van der Waals surface area (Å²) in [4.78, 5) is 24.5. The number of methoxy groups -OCH3 is 1. The average Bonchev–Trinajstić information content (AvgIpc) is 3.22. The summed E-state index contributed by atoms with van der Waals surface area (Å²) >= 11 is 0. The quantitative estimate of drug-likeness (QED) is 0.565. The van der Waals surface area contributed by atoms with Crippen molar-refractivity contribution in [3.8, 4) is 5.75 Å². The fraction of sp³-hybridized carbons (Fsp3) is 0.0870. The molecule has 0 fully saturated rings. The molecule has 0 radical (unpaired) electrons. The molecule has 1 aliphatic rings. The van der Waals surface area contributed by atoms with E-state index in [4.69, 9.17) is 4.74 Å². The molecule has 0 saturated carbocycles. The molecule has 3 aromatic rings. The van der Waals surface area contributed by atoms with Gasteiger partial charge in [0.05, 0.1) is 19.3 Å². The lowest BCUT2D eigenvalue weighted by atomic mass is 10.1. The zero-order valence-electron chi connectivity index (χ0n) is 16.6. The maximum Gasteiger partial charge on any atom is 0.352 e. The molecule has 1 atom stereocenters. The Morgan fingerprint density at radius 3 is 2.74 bits per heavy atom. The Morgan fingerprint density at radius 2 is 2.00 bits per heavy atom. The maximum atomic E-state index is 12.9. The summed E-state index contributed by atoms with van der Waals surface area (Å²) in [6.45, 7) is 0. The average molecular weight is 416 g/mol. The number of aromatic nitrogens is 2. The van der Waals surface area contributed by atoms with Crippen molar-refractivity contribution >= 4 is 29.5 Å². The van der Waals surface area contributed by atoms with Crippen molar-refractivity contribution in [1.29, 1.82) is 0 Å². The first kappa shape index (κ1) is 20.0. The second-order valence-corrected chi connectivity index (χ2v) is 6.81. The van der Waals surface area contributed by atoms with Crippen LogP contribution in [0.5, 0.6) is 5.75 Å². The number of ether oxygens (including phenoxy) is 1. The van der Waals surface area contributed by atoms with Gasteiger partial charge < -0.3 is 20.5 Å². The minimum Gasteiger partial charge on any atom is -0.497 e. The Labute approximate surface area is 178 Å². The lowest BCUT2D eigenvalue weighted by Gasteiger charge is -2.22. The molecule has 1 amide bonds. The van der Waals surface area contributed by atoms with Gasteiger partial charge in [-0.25, -0.2) is 9.48 Å². The zero-order chi connectivity index (χ0) is 21.8. The molecule has 2 aromatic carbocycles. The van der Waals surface area contributed by atoms with E-state index in [0.29, 0.717) is 17.3 Å². The number of rotatable bonds is 6. The Hall–Kier alpha value is -4.33. The van der Waals surface area contributed by atoms with Gasteiger partial charge in [0.2, 0.25) is 0 Å². The predicted molar refractivity (Wildman–Crippen MR) is 117 cm³/mol. The molecule has 1 aromatic heterocycles. The van der Waals surface area contributed by atoms with Crippen molar-refractivity contribution in [3.63, 3.8) is 0 Å². The highest BCUT2D eigenvalue weighted by Crippen LogP contribution is 2.30. The number of carboxylic acids is 1. The van der Waals surface area contributed by atoms with E-state index in [-0.39, 0.29) is 11.3 Å². The van der Waals surface area contributed by atoms with Crippen LogP contribution >= 0.6 is 0 Å². The van der Waals surface area contributed by atoms with Crippen molar-refractivity contribution in [1.82, 2.24) is 9.78 Å². The maximum absolute atomic E-state index is 12.9. The summed E-state index contributed by atoms with van der Waals surface area (Å²) in [5.41, 5.74) is 1.73. The van der Waals surface area contributed by atoms with Gasteiger partial charge in [-0.15, -0.1) is 0 Å². The highest BCUT2D eigenvalue weighted by Gasteiger charge is 2.27. The monoisotopic (exact) mass is 416 g/mol. The molecular weight excluding hydrogens is 396 g/mol. The number of amides is 1. The SMILES string of the molecule is COc1cccc(NC(=O)c2cnn3c2NC(C(=O)O)=CC3/C=C/c2ccccc2)c1. The Morgan fingerprint density at radius 1 is 1.19 bits per heavy atom. The number of fused-ring (bicyclic) bond motifs is 1. The molecule has 8 nitrogen and oxygen atoms in total. The third-order valence-corrected chi connectivity index (χ3v) is 4.76. The number of hydrogen-bond acceptors (Lipinski definition) is 5. The van der Waals surface area contributed by atoms with Crippen LogP contribution in [0.4, 0.5) is 11.5 Å². The molecule has 2 heterocycles. The van der Waals surface area contributed by atoms with E-state index >= 15 is 0 Å². The molecule has 0 bridgehead atoms. The molecule has 0 saturated heterocycles. The van der Waals surface area contributed by atoms with Gasteiger partial charge in [-0.05, 0) is 23.8 Å². The van der Waals surface area contributed by atoms with E-state index in [1.54, 1.807) is 42.1 Å². The molecule has 8 heteroatoms. The van der Waals surface area contributed by atoms with E-state index < -0.39 is 17.9 Å². The summed E-state index contributed by atoms with van der Waals surface area (Å²) in [5.74, 6) is -0.623. The van der Waals surface area contributed by atoms with Gasteiger partial charge in [0.25, 0.3) is 5.91 Å². The Kier molecular flexibility index (Phi) is 5.53. The highest BCUT2D eigenvalue weighted by molar-refractivity contribution is 6.08. The third-order valence-electron chi connectivity index (χ3n) is 4.76. The van der Waals surface area contributed by atoms with Crippen LogP contribution in [0.2, 0.25) is 0 Å². The molecule has 156 valence electrons. The number of carbonyl (C=O) groups is 2. The Balaban J connectivity index is 1.64. The van der Waals surface area contributed by atoms with Gasteiger partial charge in [0.15, 0.2) is 0 Å². The topological polar surface area (TPSA) is 105 Å². The fourth-order valence-electron chi connectivity index (χ4n) is 3.22. The normalized spacial score (nSPS) is 15.0. The van der Waals surface area contributed by atoms with Crippen LogP contribution in [0.25, 0.3) is 6.08 Å². The van der Waals surface area contributed by atoms with Crippen LogP contribution in [0.15, 0.2) is 78.6 Å². The van der Waals surface area contributed by atoms with Crippen molar-refractivity contribution < 1.29 is 19.4 Å². The summed E-state index contributed by atoms with van der Waals surface area (Å²) in [6, 6.07) is 16.1. The number of aliphatic carboxylic acids is 1. The lowest BCUT2D eigenvalue weighted by Crippen LogP contribution is -2.24. The first-order chi connectivity index (χ1) is 15.0. The van der Waals surface area contributed by atoms with E-state index in [1.807, 2.05) is 42.5 Å². The van der Waals surface area contributed by atoms with E-state index in [9.17, 15) is 14.7 Å². The predicted octanol–water partition coefficient (Wildman–Crippen LogP) is 3.79. The molecule has 4 rings (SSSR count). The van der Waals surface area contributed by atoms with Crippen molar-refractivity contribution in [2.75, 3.05) is 17.7 Å². The number of nitrogens with one attached hydrogen (secondary N) is 2. The van der Waals surface area contributed by atoms with Crippen LogP contribution in [0.3, 0.4) is 0 Å². The number of hydrogen-bond donors (Lipinski definition) is 3. The first-order valence-corrected chi connectivity index (χ1v) is 9.53. The van der Waals surface area contributed by atoms with Gasteiger partial charge in [-0.3, -0.25) is 4.79 Å². The van der Waals surface area contributed by atoms with E-state index in [2.05, 4.69) is 15.7 Å². The van der Waals surface area contributed by atoms with Gasteiger partial charge >= 0.3 is 5.97 Å². The zero-order valence-corrected chi connectivity index (χ0v) is 16.6. The molecule has 3 N–H and O–H groups in total. The molecule has 0 spiro atoms. The van der Waals surface area contributed by atoms with Crippen molar-refractivity contribution in [3.05, 3.63) is 89.8 Å². The largest absolute Gasteiger partial charge is 0.497 e. The third kappa shape index (κ3) is 4.32. The van der Waals surface area contributed by atoms with Crippen molar-refractivity contribution in [2.24, 2.45) is 0 Å². The Bertz CT molecular complexity index is 1180. The molecule has 1 unspecified atom stereocenters.